The second kappa shape index (κ2) is 6.17. The molecule has 0 aliphatic heterocycles. The van der Waals surface area contributed by atoms with Crippen LogP contribution < -0.4 is 5.48 Å². The SMILES string of the molecule is O=C(NOC(F)(F)F)C(O)(c1ccccc1)c1ccccc1. The van der Waals surface area contributed by atoms with Crippen molar-refractivity contribution < 1.29 is 27.9 Å². The lowest BCUT2D eigenvalue weighted by Gasteiger charge is -2.27. The number of nitrogens with one attached hydrogen (secondary N) is 1. The molecule has 2 rings (SSSR count). The minimum absolute atomic E-state index is 0.115. The second-order valence-corrected chi connectivity index (χ2v) is 4.42. The lowest BCUT2D eigenvalue weighted by Crippen LogP contribution is -2.47. The summed E-state index contributed by atoms with van der Waals surface area (Å²) in [5.74, 6) is -1.35. The van der Waals surface area contributed by atoms with Gasteiger partial charge in [0, 0.05) is 0 Å². The van der Waals surface area contributed by atoms with Crippen LogP contribution in [0.1, 0.15) is 11.1 Å². The molecule has 2 N–H and O–H groups in total. The summed E-state index contributed by atoms with van der Waals surface area (Å²) in [6, 6.07) is 15.3. The van der Waals surface area contributed by atoms with Crippen molar-refractivity contribution in [2.45, 2.75) is 12.0 Å². The number of alkyl halides is 3. The summed E-state index contributed by atoms with van der Waals surface area (Å²) in [6.45, 7) is 0. The molecule has 116 valence electrons. The third-order valence-electron chi connectivity index (χ3n) is 2.97. The zero-order valence-electron chi connectivity index (χ0n) is 11.2. The summed E-state index contributed by atoms with van der Waals surface area (Å²) >= 11 is 0. The van der Waals surface area contributed by atoms with Gasteiger partial charge < -0.3 is 5.11 Å². The predicted molar refractivity (Wildman–Crippen MR) is 71.2 cm³/mol. The Hall–Kier alpha value is -2.38. The molecule has 0 fully saturated rings. The largest absolute Gasteiger partial charge is 0.543 e. The van der Waals surface area contributed by atoms with E-state index in [1.54, 1.807) is 36.4 Å². The summed E-state index contributed by atoms with van der Waals surface area (Å²) in [5, 5.41) is 10.8. The first-order chi connectivity index (χ1) is 10.3. The zero-order valence-corrected chi connectivity index (χ0v) is 11.2. The van der Waals surface area contributed by atoms with E-state index in [9.17, 15) is 23.1 Å². The van der Waals surface area contributed by atoms with Crippen molar-refractivity contribution in [1.82, 2.24) is 5.48 Å². The Balaban J connectivity index is 2.41. The van der Waals surface area contributed by atoms with Crippen LogP contribution in [-0.2, 0) is 15.2 Å². The van der Waals surface area contributed by atoms with Gasteiger partial charge in [-0.3, -0.25) is 4.79 Å². The van der Waals surface area contributed by atoms with Gasteiger partial charge in [-0.25, -0.2) is 5.48 Å². The van der Waals surface area contributed by atoms with Gasteiger partial charge in [0.25, 0.3) is 5.91 Å². The van der Waals surface area contributed by atoms with Crippen LogP contribution in [-0.4, -0.2) is 17.4 Å². The Morgan fingerprint density at radius 1 is 0.909 bits per heavy atom. The van der Waals surface area contributed by atoms with Crippen molar-refractivity contribution in [2.24, 2.45) is 0 Å². The highest BCUT2D eigenvalue weighted by Crippen LogP contribution is 2.30. The fraction of sp³-hybridized carbons (Fsp3) is 0.133. The van der Waals surface area contributed by atoms with Crippen molar-refractivity contribution in [3.8, 4) is 0 Å². The lowest BCUT2D eigenvalue weighted by atomic mass is 9.86. The first-order valence-corrected chi connectivity index (χ1v) is 6.22. The highest BCUT2D eigenvalue weighted by molar-refractivity contribution is 5.89. The third kappa shape index (κ3) is 3.44. The van der Waals surface area contributed by atoms with E-state index in [2.05, 4.69) is 4.84 Å². The molecule has 4 nitrogen and oxygen atoms in total. The number of hydrogen-bond donors (Lipinski definition) is 2. The number of rotatable bonds is 4. The van der Waals surface area contributed by atoms with Gasteiger partial charge in [-0.05, 0) is 11.1 Å². The maximum absolute atomic E-state index is 12.1. The molecule has 0 bridgehead atoms. The fourth-order valence-electron chi connectivity index (χ4n) is 1.97. The molecule has 0 saturated carbocycles. The van der Waals surface area contributed by atoms with Crippen molar-refractivity contribution in [3.05, 3.63) is 71.8 Å². The smallest absolute Gasteiger partial charge is 0.372 e. The standard InChI is InChI=1S/C15H12F3NO3/c16-15(17,18)22-19-13(20)14(21,11-7-3-1-4-8-11)12-9-5-2-6-10-12/h1-10,21H,(H,19,20). The molecule has 0 aliphatic carbocycles. The van der Waals surface area contributed by atoms with E-state index in [1.807, 2.05) is 0 Å². The second-order valence-electron chi connectivity index (χ2n) is 4.42. The van der Waals surface area contributed by atoms with Gasteiger partial charge in [-0.2, -0.15) is 4.84 Å². The first-order valence-electron chi connectivity index (χ1n) is 6.22. The molecule has 0 radical (unpaired) electrons. The van der Waals surface area contributed by atoms with E-state index < -0.39 is 17.9 Å². The number of benzene rings is 2. The van der Waals surface area contributed by atoms with Crippen LogP contribution in [0.3, 0.4) is 0 Å². The van der Waals surface area contributed by atoms with Gasteiger partial charge in [0.15, 0.2) is 5.60 Å². The van der Waals surface area contributed by atoms with E-state index in [0.717, 1.165) is 0 Å². The average Bonchev–Trinajstić information content (AvgIpc) is 2.52. The molecule has 2 aromatic rings. The monoisotopic (exact) mass is 311 g/mol. The van der Waals surface area contributed by atoms with Crippen LogP contribution in [0.4, 0.5) is 13.2 Å². The molecule has 0 spiro atoms. The van der Waals surface area contributed by atoms with Crippen molar-refractivity contribution in [2.75, 3.05) is 0 Å². The minimum Gasteiger partial charge on any atom is -0.372 e. The number of halogens is 3. The molecular formula is C15H12F3NO3. The minimum atomic E-state index is -5.05. The number of carbonyl (C=O) groups excluding carboxylic acids is 1. The molecule has 0 heterocycles. The van der Waals surface area contributed by atoms with Crippen molar-refractivity contribution in [3.63, 3.8) is 0 Å². The number of aliphatic hydroxyl groups is 1. The van der Waals surface area contributed by atoms with Gasteiger partial charge in [0.2, 0.25) is 0 Å². The summed E-state index contributed by atoms with van der Waals surface area (Å²) < 4.78 is 36.3. The Bertz CT molecular complexity index is 590. The molecule has 0 aromatic heterocycles. The van der Waals surface area contributed by atoms with Gasteiger partial charge >= 0.3 is 6.36 Å². The van der Waals surface area contributed by atoms with E-state index in [-0.39, 0.29) is 11.1 Å². The number of amides is 1. The Morgan fingerprint density at radius 2 is 1.32 bits per heavy atom. The number of hydroxylamine groups is 1. The molecule has 22 heavy (non-hydrogen) atoms. The van der Waals surface area contributed by atoms with Crippen molar-refractivity contribution in [1.29, 1.82) is 0 Å². The molecule has 2 aromatic carbocycles. The molecule has 0 saturated heterocycles. The highest BCUT2D eigenvalue weighted by atomic mass is 19.4. The van der Waals surface area contributed by atoms with Crippen molar-refractivity contribution >= 4 is 5.91 Å². The molecule has 1 amide bonds. The number of hydrogen-bond acceptors (Lipinski definition) is 3. The molecule has 7 heteroatoms. The lowest BCUT2D eigenvalue weighted by molar-refractivity contribution is -0.347. The van der Waals surface area contributed by atoms with E-state index in [0.29, 0.717) is 0 Å². The van der Waals surface area contributed by atoms with Gasteiger partial charge in [0.05, 0.1) is 0 Å². The van der Waals surface area contributed by atoms with Gasteiger partial charge in [-0.1, -0.05) is 60.7 Å². The van der Waals surface area contributed by atoms with Gasteiger partial charge in [0.1, 0.15) is 0 Å². The fourth-order valence-corrected chi connectivity index (χ4v) is 1.97. The van der Waals surface area contributed by atoms with Crippen LogP contribution in [0.5, 0.6) is 0 Å². The normalized spacial score (nSPS) is 12.0. The predicted octanol–water partition coefficient (Wildman–Crippen LogP) is 2.49. The summed E-state index contributed by atoms with van der Waals surface area (Å²) in [6.07, 6.45) is -5.05. The van der Waals surface area contributed by atoms with Crippen LogP contribution in [0.15, 0.2) is 60.7 Å². The Morgan fingerprint density at radius 3 is 1.68 bits per heavy atom. The molecule has 0 aliphatic rings. The molecular weight excluding hydrogens is 299 g/mol. The summed E-state index contributed by atoms with van der Waals surface area (Å²) in [5.41, 5.74) is -0.835. The molecule has 0 atom stereocenters. The maximum atomic E-state index is 12.1. The summed E-state index contributed by atoms with van der Waals surface area (Å²) in [7, 11) is 0. The van der Waals surface area contributed by atoms with E-state index in [1.165, 1.54) is 29.7 Å². The maximum Gasteiger partial charge on any atom is 0.543 e. The zero-order chi connectivity index (χ0) is 16.2. The highest BCUT2D eigenvalue weighted by Gasteiger charge is 2.42. The van der Waals surface area contributed by atoms with Crippen LogP contribution in [0.25, 0.3) is 0 Å². The summed E-state index contributed by atoms with van der Waals surface area (Å²) in [4.78, 5) is 15.4. The quantitative estimate of drug-likeness (QED) is 0.853. The first kappa shape index (κ1) is 16.0. The third-order valence-corrected chi connectivity index (χ3v) is 2.97. The van der Waals surface area contributed by atoms with Gasteiger partial charge in [-0.15, -0.1) is 13.2 Å². The average molecular weight is 311 g/mol. The Kier molecular flexibility index (Phi) is 4.48. The molecule has 0 unspecified atom stereocenters. The number of carbonyl (C=O) groups is 1. The van der Waals surface area contributed by atoms with E-state index >= 15 is 0 Å². The Labute approximate surface area is 124 Å². The van der Waals surface area contributed by atoms with Crippen LogP contribution >= 0.6 is 0 Å². The van der Waals surface area contributed by atoms with E-state index in [4.69, 9.17) is 0 Å². The van der Waals surface area contributed by atoms with Crippen LogP contribution in [0.2, 0.25) is 0 Å². The topological polar surface area (TPSA) is 58.6 Å². The van der Waals surface area contributed by atoms with Crippen LogP contribution in [0, 0.1) is 0 Å².